The van der Waals surface area contributed by atoms with Crippen molar-refractivity contribution in [1.29, 1.82) is 0 Å². The number of aliphatic hydroxyl groups is 1. The number of nitrogens with zero attached hydrogens (tertiary/aromatic N) is 2. The Hall–Kier alpha value is -1.53. The number of benzene rings is 1. The first kappa shape index (κ1) is 16.3. The number of carbonyl (C=O) groups is 1. The number of carbonyl (C=O) groups excluding carboxylic acids is 1. The topological polar surface area (TPSA) is 43.8 Å². The monoisotopic (exact) mass is 324 g/mol. The van der Waals surface area contributed by atoms with Crippen molar-refractivity contribution in [3.05, 3.63) is 34.9 Å². The Bertz CT molecular complexity index is 615. The van der Waals surface area contributed by atoms with E-state index >= 15 is 0 Å². The second-order valence-electron chi connectivity index (χ2n) is 6.75. The Morgan fingerprint density at radius 2 is 2.04 bits per heavy atom. The fourth-order valence-electron chi connectivity index (χ4n) is 3.57. The van der Waals surface area contributed by atoms with Crippen LogP contribution in [0.1, 0.15) is 27.9 Å². The van der Waals surface area contributed by atoms with Gasteiger partial charge in [0.05, 0.1) is 13.2 Å². The quantitative estimate of drug-likeness (QED) is 0.922. The third-order valence-electron chi connectivity index (χ3n) is 4.86. The van der Waals surface area contributed by atoms with E-state index in [1.165, 1.54) is 0 Å². The lowest BCUT2D eigenvalue weighted by molar-refractivity contribution is -0.0125. The molecular weight excluding hydrogens is 302 g/mol. The molecule has 0 radical (unpaired) electrons. The Morgan fingerprint density at radius 3 is 2.65 bits per heavy atom. The van der Waals surface area contributed by atoms with Crippen LogP contribution >= 0.6 is 0 Å². The maximum atomic E-state index is 13.5. The minimum Gasteiger partial charge on any atom is -0.395 e. The molecule has 126 valence electrons. The molecule has 2 saturated heterocycles. The number of hydrogen-bond donors (Lipinski definition) is 1. The van der Waals surface area contributed by atoms with Crippen LogP contribution in [0.3, 0.4) is 0 Å². The highest BCUT2D eigenvalue weighted by atomic mass is 19.3. The van der Waals surface area contributed by atoms with Crippen LogP contribution in [-0.2, 0) is 0 Å². The molecule has 0 bridgehead atoms. The van der Waals surface area contributed by atoms with Gasteiger partial charge in [-0.3, -0.25) is 9.69 Å². The van der Waals surface area contributed by atoms with E-state index < -0.39 is 12.0 Å². The number of halogens is 2. The summed E-state index contributed by atoms with van der Waals surface area (Å²) in [5, 5.41) is 9.30. The largest absolute Gasteiger partial charge is 0.395 e. The Kier molecular flexibility index (Phi) is 4.14. The maximum Gasteiger partial charge on any atom is 0.262 e. The first-order chi connectivity index (χ1) is 10.8. The average molecular weight is 324 g/mol. The molecule has 2 aliphatic rings. The van der Waals surface area contributed by atoms with Gasteiger partial charge in [-0.05, 0) is 25.5 Å². The zero-order chi connectivity index (χ0) is 16.8. The van der Waals surface area contributed by atoms with Crippen LogP contribution in [0.15, 0.2) is 18.2 Å². The van der Waals surface area contributed by atoms with E-state index in [4.69, 9.17) is 0 Å². The molecule has 1 N–H and O–H groups in total. The summed E-state index contributed by atoms with van der Waals surface area (Å²) < 4.78 is 27.1. The fourth-order valence-corrected chi connectivity index (χ4v) is 3.57. The summed E-state index contributed by atoms with van der Waals surface area (Å²) in [7, 11) is 0. The van der Waals surface area contributed by atoms with Crippen molar-refractivity contribution in [3.63, 3.8) is 0 Å². The highest BCUT2D eigenvalue weighted by Gasteiger charge is 2.50. The number of alkyl halides is 2. The lowest BCUT2D eigenvalue weighted by atomic mass is 10.0. The number of amides is 1. The van der Waals surface area contributed by atoms with Gasteiger partial charge in [0, 0.05) is 37.2 Å². The molecule has 6 heteroatoms. The predicted octanol–water partition coefficient (Wildman–Crippen LogP) is 1.83. The molecule has 1 amide bonds. The van der Waals surface area contributed by atoms with Gasteiger partial charge < -0.3 is 10.0 Å². The number of likely N-dealkylation sites (tertiary alicyclic amines) is 2. The van der Waals surface area contributed by atoms with Crippen LogP contribution in [0.25, 0.3) is 0 Å². The Morgan fingerprint density at radius 1 is 1.35 bits per heavy atom. The van der Waals surface area contributed by atoms with Gasteiger partial charge in [0.15, 0.2) is 0 Å². The zero-order valence-electron chi connectivity index (χ0n) is 13.4. The summed E-state index contributed by atoms with van der Waals surface area (Å²) in [5.41, 5.74) is 2.70. The van der Waals surface area contributed by atoms with E-state index in [2.05, 4.69) is 0 Å². The van der Waals surface area contributed by atoms with Crippen molar-refractivity contribution in [2.45, 2.75) is 38.3 Å². The second-order valence-corrected chi connectivity index (χ2v) is 6.75. The van der Waals surface area contributed by atoms with Crippen molar-refractivity contribution >= 4 is 5.91 Å². The highest BCUT2D eigenvalue weighted by molar-refractivity contribution is 5.96. The Labute approximate surface area is 134 Å². The third-order valence-corrected chi connectivity index (χ3v) is 4.86. The molecule has 4 nitrogen and oxygen atoms in total. The summed E-state index contributed by atoms with van der Waals surface area (Å²) >= 11 is 0. The van der Waals surface area contributed by atoms with Crippen LogP contribution in [0.2, 0.25) is 0 Å². The predicted molar refractivity (Wildman–Crippen MR) is 82.8 cm³/mol. The van der Waals surface area contributed by atoms with Crippen LogP contribution in [0, 0.1) is 13.8 Å². The van der Waals surface area contributed by atoms with Crippen molar-refractivity contribution < 1.29 is 18.7 Å². The molecule has 1 atom stereocenters. The standard InChI is InChI=1S/C17H22F2N2O2/c1-11-3-4-15(12(2)5-11)16(23)20-7-14(8-20)21-10-17(18,19)6-13(21)9-22/h3-5,13-14,22H,6-10H2,1-2H3/t13-/m0/s1. The van der Waals surface area contributed by atoms with E-state index in [0.29, 0.717) is 18.7 Å². The van der Waals surface area contributed by atoms with Gasteiger partial charge in [-0.15, -0.1) is 0 Å². The number of hydrogen-bond acceptors (Lipinski definition) is 3. The second kappa shape index (κ2) is 5.83. The van der Waals surface area contributed by atoms with Gasteiger partial charge in [0.2, 0.25) is 0 Å². The van der Waals surface area contributed by atoms with E-state index in [0.717, 1.165) is 11.1 Å². The van der Waals surface area contributed by atoms with E-state index in [1.807, 2.05) is 32.0 Å². The molecular formula is C17H22F2N2O2. The molecule has 0 aliphatic carbocycles. The van der Waals surface area contributed by atoms with Crippen molar-refractivity contribution in [3.8, 4) is 0 Å². The molecule has 0 saturated carbocycles. The normalized spacial score (nSPS) is 24.7. The number of aryl methyl sites for hydroxylation is 2. The van der Waals surface area contributed by atoms with Gasteiger partial charge in [-0.2, -0.15) is 0 Å². The molecule has 1 aromatic rings. The van der Waals surface area contributed by atoms with Crippen molar-refractivity contribution in [2.24, 2.45) is 0 Å². The molecule has 3 rings (SSSR count). The first-order valence-electron chi connectivity index (χ1n) is 7.92. The minimum atomic E-state index is -2.74. The molecule has 0 unspecified atom stereocenters. The molecule has 2 aliphatic heterocycles. The summed E-state index contributed by atoms with van der Waals surface area (Å²) in [6.45, 7) is 4.17. The molecule has 2 heterocycles. The minimum absolute atomic E-state index is 0.0507. The summed E-state index contributed by atoms with van der Waals surface area (Å²) in [6, 6.07) is 5.10. The van der Waals surface area contributed by atoms with Crippen LogP contribution < -0.4 is 0 Å². The van der Waals surface area contributed by atoms with Gasteiger partial charge in [-0.1, -0.05) is 17.7 Å². The molecule has 1 aromatic carbocycles. The van der Waals surface area contributed by atoms with Crippen LogP contribution in [0.4, 0.5) is 8.78 Å². The van der Waals surface area contributed by atoms with Gasteiger partial charge in [-0.25, -0.2) is 8.78 Å². The van der Waals surface area contributed by atoms with Crippen molar-refractivity contribution in [1.82, 2.24) is 9.80 Å². The maximum absolute atomic E-state index is 13.5. The van der Waals surface area contributed by atoms with Gasteiger partial charge >= 0.3 is 0 Å². The third kappa shape index (κ3) is 3.10. The molecule has 0 spiro atoms. The molecule has 0 aromatic heterocycles. The number of rotatable bonds is 3. The summed E-state index contributed by atoms with van der Waals surface area (Å²) in [4.78, 5) is 15.9. The van der Waals surface area contributed by atoms with Gasteiger partial charge in [0.25, 0.3) is 11.8 Å². The molecule has 23 heavy (non-hydrogen) atoms. The SMILES string of the molecule is Cc1ccc(C(=O)N2CC(N3CC(F)(F)C[C@H]3CO)C2)c(C)c1. The summed E-state index contributed by atoms with van der Waals surface area (Å²) in [5.74, 6) is -2.80. The smallest absolute Gasteiger partial charge is 0.262 e. The van der Waals surface area contributed by atoms with Crippen LogP contribution in [0.5, 0.6) is 0 Å². The zero-order valence-corrected chi connectivity index (χ0v) is 13.4. The van der Waals surface area contributed by atoms with Crippen molar-refractivity contribution in [2.75, 3.05) is 26.2 Å². The van der Waals surface area contributed by atoms with E-state index in [1.54, 1.807) is 9.80 Å². The average Bonchev–Trinajstić information content (AvgIpc) is 2.72. The molecule has 2 fully saturated rings. The lowest BCUT2D eigenvalue weighted by Gasteiger charge is -2.45. The highest BCUT2D eigenvalue weighted by Crippen LogP contribution is 2.35. The van der Waals surface area contributed by atoms with Crippen LogP contribution in [-0.4, -0.2) is 65.1 Å². The van der Waals surface area contributed by atoms with E-state index in [-0.39, 0.29) is 31.5 Å². The van der Waals surface area contributed by atoms with E-state index in [9.17, 15) is 18.7 Å². The number of aliphatic hydroxyl groups excluding tert-OH is 1. The summed E-state index contributed by atoms with van der Waals surface area (Å²) in [6.07, 6.45) is -0.301. The van der Waals surface area contributed by atoms with Gasteiger partial charge in [0.1, 0.15) is 0 Å². The lowest BCUT2D eigenvalue weighted by Crippen LogP contribution is -2.62. The fraction of sp³-hybridized carbons (Fsp3) is 0.588. The first-order valence-corrected chi connectivity index (χ1v) is 7.92. The Balaban J connectivity index is 1.63.